The first-order valence-corrected chi connectivity index (χ1v) is 21.4. The molecule has 1 aliphatic carbocycles. The number of carbonyl (C=O) groups excluding carboxylic acids is 1. The number of benzene rings is 5. The maximum atomic E-state index is 14.8. The van der Waals surface area contributed by atoms with E-state index in [0.29, 0.717) is 25.7 Å². The third kappa shape index (κ3) is 7.70. The summed E-state index contributed by atoms with van der Waals surface area (Å²) >= 11 is 0. The summed E-state index contributed by atoms with van der Waals surface area (Å²) in [5, 5.41) is 7.07. The summed E-state index contributed by atoms with van der Waals surface area (Å²) in [6.07, 6.45) is 12.9. The van der Waals surface area contributed by atoms with Crippen molar-refractivity contribution in [1.29, 1.82) is 0 Å². The molecule has 3 heterocycles. The number of nitrogens with zero attached hydrogens (tertiary/aromatic N) is 5. The highest BCUT2D eigenvalue weighted by Gasteiger charge is 2.40. The van der Waals surface area contributed by atoms with Crippen LogP contribution in [0.5, 0.6) is 5.75 Å². The number of fused-ring (bicyclic) bond motifs is 1. The topological polar surface area (TPSA) is 72.2 Å². The van der Waals surface area contributed by atoms with Crippen LogP contribution in [0.1, 0.15) is 85.0 Å². The Bertz CT molecular complexity index is 2250. The normalized spacial score (nSPS) is 16.7. The molecule has 1 saturated carbocycles. The highest BCUT2D eigenvalue weighted by molar-refractivity contribution is 6.14. The lowest BCUT2D eigenvalue weighted by molar-refractivity contribution is 0.0480. The third-order valence-electron chi connectivity index (χ3n) is 12.4. The molecule has 2 aliphatic heterocycles. The molecule has 0 radical (unpaired) electrons. The van der Waals surface area contributed by atoms with Gasteiger partial charge >= 0.3 is 6.03 Å². The van der Waals surface area contributed by atoms with Gasteiger partial charge < -0.3 is 14.0 Å². The Morgan fingerprint density at radius 3 is 2.00 bits per heavy atom. The smallest absolute Gasteiger partial charge is 0.349 e. The predicted molar refractivity (Wildman–Crippen MR) is 235 cm³/mol. The number of imidazole rings is 1. The number of aryl methyl sites for hydroxylation is 2. The Morgan fingerprint density at radius 1 is 0.746 bits per heavy atom. The number of aromatic nitrogens is 2. The first-order valence-electron chi connectivity index (χ1n) is 21.4. The van der Waals surface area contributed by atoms with Crippen LogP contribution in [-0.4, -0.2) is 52.2 Å². The summed E-state index contributed by atoms with van der Waals surface area (Å²) < 4.78 is 14.5. The van der Waals surface area contributed by atoms with Gasteiger partial charge in [0.05, 0.1) is 29.7 Å². The van der Waals surface area contributed by atoms with Crippen molar-refractivity contribution in [3.8, 4) is 5.75 Å². The van der Waals surface area contributed by atoms with Crippen molar-refractivity contribution >= 4 is 23.1 Å². The minimum Gasteiger partial charge on any atom is -0.494 e. The average molecular weight is 784 g/mol. The molecule has 300 valence electrons. The van der Waals surface area contributed by atoms with E-state index in [0.717, 1.165) is 78.3 Å². The standard InChI is InChI=1S/C51H53N5O3/c1-38-24-29-46-47(37-38)55(50(57)56(44-30-35-58-36-31-44)53-49(46)39-15-6-2-7-16-39)43-25-27-45(28-26-43)59-34-14-23-48-52-32-33-54(48)51(40-17-8-3-9-18-40,41-19-10-4-11-20-41)42-21-12-5-13-22-42/h3-5,8-13,17-22,24-29,32-33,37,39,44H,2,6-7,14-16,23,30-31,34-36H2,1H3. The molecule has 9 rings (SSSR count). The summed E-state index contributed by atoms with van der Waals surface area (Å²) in [6, 6.07) is 46.5. The summed E-state index contributed by atoms with van der Waals surface area (Å²) in [7, 11) is 0. The third-order valence-corrected chi connectivity index (χ3v) is 12.4. The zero-order chi connectivity index (χ0) is 40.0. The lowest BCUT2D eigenvalue weighted by Crippen LogP contribution is -2.45. The molecule has 1 saturated heterocycles. The number of hydrogen-bond acceptors (Lipinski definition) is 5. The van der Waals surface area contributed by atoms with Crippen LogP contribution in [0.15, 0.2) is 151 Å². The van der Waals surface area contributed by atoms with Crippen LogP contribution in [0.25, 0.3) is 0 Å². The molecule has 1 aromatic heterocycles. The van der Waals surface area contributed by atoms with Crippen LogP contribution in [0, 0.1) is 12.8 Å². The van der Waals surface area contributed by atoms with E-state index in [1.807, 2.05) is 35.4 Å². The predicted octanol–water partition coefficient (Wildman–Crippen LogP) is 11.1. The van der Waals surface area contributed by atoms with Crippen LogP contribution in [-0.2, 0) is 16.7 Å². The van der Waals surface area contributed by atoms with Gasteiger partial charge in [-0.3, -0.25) is 4.90 Å². The van der Waals surface area contributed by atoms with Crippen LogP contribution < -0.4 is 9.64 Å². The van der Waals surface area contributed by atoms with Crippen molar-refractivity contribution in [1.82, 2.24) is 14.6 Å². The molecule has 2 amide bonds. The van der Waals surface area contributed by atoms with Crippen LogP contribution >= 0.6 is 0 Å². The van der Waals surface area contributed by atoms with E-state index >= 15 is 0 Å². The number of ether oxygens (including phenoxy) is 2. The number of amides is 2. The van der Waals surface area contributed by atoms with Crippen molar-refractivity contribution < 1.29 is 14.3 Å². The van der Waals surface area contributed by atoms with Crippen molar-refractivity contribution in [3.63, 3.8) is 0 Å². The summed E-state index contributed by atoms with van der Waals surface area (Å²) in [5.41, 5.74) is 7.80. The second-order valence-electron chi connectivity index (χ2n) is 16.1. The van der Waals surface area contributed by atoms with Gasteiger partial charge in [0.15, 0.2) is 0 Å². The SMILES string of the molecule is Cc1ccc2c(c1)N(c1ccc(OCCCc3nccn3C(c3ccccc3)(c3ccccc3)c3ccccc3)cc1)C(=O)N(C1CCOCC1)N=C2C1CCCCC1. The van der Waals surface area contributed by atoms with Crippen molar-refractivity contribution in [2.75, 3.05) is 24.7 Å². The molecule has 0 N–H and O–H groups in total. The molecule has 3 aliphatic rings. The number of urea groups is 1. The van der Waals surface area contributed by atoms with E-state index in [1.54, 1.807) is 5.01 Å². The first kappa shape index (κ1) is 38.5. The summed E-state index contributed by atoms with van der Waals surface area (Å²) in [6.45, 7) is 3.88. The molecule has 8 nitrogen and oxygen atoms in total. The monoisotopic (exact) mass is 783 g/mol. The highest BCUT2D eigenvalue weighted by Crippen LogP contribution is 2.42. The zero-order valence-corrected chi connectivity index (χ0v) is 34.0. The van der Waals surface area contributed by atoms with Crippen LogP contribution in [0.3, 0.4) is 0 Å². The van der Waals surface area contributed by atoms with Gasteiger partial charge in [0.1, 0.15) is 17.1 Å². The van der Waals surface area contributed by atoms with E-state index in [2.05, 4.69) is 127 Å². The Kier molecular flexibility index (Phi) is 11.4. The minimum absolute atomic E-state index is 0.0100. The highest BCUT2D eigenvalue weighted by atomic mass is 16.5. The van der Waals surface area contributed by atoms with Crippen molar-refractivity contribution in [2.24, 2.45) is 11.0 Å². The molecule has 2 fully saturated rings. The lowest BCUT2D eigenvalue weighted by Gasteiger charge is -2.38. The number of hydrazone groups is 1. The summed E-state index contributed by atoms with van der Waals surface area (Å²) in [5.74, 6) is 2.08. The number of carbonyl (C=O) groups is 1. The molecular formula is C51H53N5O3. The zero-order valence-electron chi connectivity index (χ0n) is 34.0. The molecule has 0 spiro atoms. The molecule has 6 aromatic rings. The van der Waals surface area contributed by atoms with Gasteiger partial charge in [-0.05, 0) is 91.6 Å². The minimum atomic E-state index is -0.614. The van der Waals surface area contributed by atoms with Crippen molar-refractivity contribution in [3.05, 3.63) is 179 Å². The van der Waals surface area contributed by atoms with E-state index in [4.69, 9.17) is 19.6 Å². The van der Waals surface area contributed by atoms with E-state index in [-0.39, 0.29) is 12.1 Å². The van der Waals surface area contributed by atoms with E-state index < -0.39 is 5.54 Å². The van der Waals surface area contributed by atoms with E-state index in [9.17, 15) is 4.79 Å². The number of anilines is 2. The molecule has 8 heteroatoms. The maximum absolute atomic E-state index is 14.8. The molecule has 0 unspecified atom stereocenters. The fraction of sp³-hybridized carbons (Fsp3) is 0.314. The largest absolute Gasteiger partial charge is 0.494 e. The second kappa shape index (κ2) is 17.5. The maximum Gasteiger partial charge on any atom is 0.349 e. The molecule has 0 atom stereocenters. The molecular weight excluding hydrogens is 731 g/mol. The number of rotatable bonds is 12. The van der Waals surface area contributed by atoms with Gasteiger partial charge in [0.2, 0.25) is 0 Å². The molecule has 0 bridgehead atoms. The fourth-order valence-electron chi connectivity index (χ4n) is 9.45. The molecule has 5 aromatic carbocycles. The van der Waals surface area contributed by atoms with Gasteiger partial charge in [0.25, 0.3) is 0 Å². The Labute approximate surface area is 348 Å². The van der Waals surface area contributed by atoms with Gasteiger partial charge in [-0.15, -0.1) is 0 Å². The average Bonchev–Trinajstić information content (AvgIpc) is 3.72. The Hall–Kier alpha value is -5.99. The van der Waals surface area contributed by atoms with Crippen LogP contribution in [0.4, 0.5) is 16.2 Å². The Balaban J connectivity index is 0.962. The second-order valence-corrected chi connectivity index (χ2v) is 16.1. The van der Waals surface area contributed by atoms with Crippen molar-refractivity contribution in [2.45, 2.75) is 76.3 Å². The Morgan fingerprint density at radius 2 is 1.37 bits per heavy atom. The summed E-state index contributed by atoms with van der Waals surface area (Å²) in [4.78, 5) is 21.6. The first-order chi connectivity index (χ1) is 29.1. The molecule has 59 heavy (non-hydrogen) atoms. The van der Waals surface area contributed by atoms with Gasteiger partial charge in [-0.25, -0.2) is 14.8 Å². The lowest BCUT2D eigenvalue weighted by atomic mass is 9.76. The van der Waals surface area contributed by atoms with Gasteiger partial charge in [-0.2, -0.15) is 5.10 Å². The fourth-order valence-corrected chi connectivity index (χ4v) is 9.45. The number of hydrogen-bond donors (Lipinski definition) is 0. The van der Waals surface area contributed by atoms with Crippen LogP contribution in [0.2, 0.25) is 0 Å². The quantitative estimate of drug-likeness (QED) is 0.0915. The van der Waals surface area contributed by atoms with Gasteiger partial charge in [-0.1, -0.05) is 122 Å². The van der Waals surface area contributed by atoms with E-state index in [1.165, 1.54) is 36.0 Å². The van der Waals surface area contributed by atoms with Gasteiger partial charge in [0, 0.05) is 43.5 Å².